The van der Waals surface area contributed by atoms with E-state index in [9.17, 15) is 4.79 Å². The number of rotatable bonds is 7. The Balaban J connectivity index is 1.53. The van der Waals surface area contributed by atoms with Crippen molar-refractivity contribution in [3.8, 4) is 0 Å². The summed E-state index contributed by atoms with van der Waals surface area (Å²) in [6.07, 6.45) is 9.21. The van der Waals surface area contributed by atoms with E-state index < -0.39 is 0 Å². The molecule has 0 bridgehead atoms. The second-order valence-corrected chi connectivity index (χ2v) is 6.92. The number of hydrogen-bond acceptors (Lipinski definition) is 3. The molecule has 4 rings (SSSR count). The highest BCUT2D eigenvalue weighted by Gasteiger charge is 2.13. The molecule has 0 aliphatic rings. The third kappa shape index (κ3) is 4.72. The molecule has 0 unspecified atom stereocenters. The van der Waals surface area contributed by atoms with Gasteiger partial charge in [-0.1, -0.05) is 60.7 Å². The number of nitrogens with zero attached hydrogens (tertiary/aromatic N) is 4. The summed E-state index contributed by atoms with van der Waals surface area (Å²) in [6.45, 7) is 3.48. The smallest absolute Gasteiger partial charge is 0.256 e. The van der Waals surface area contributed by atoms with Crippen LogP contribution in [0.15, 0.2) is 85.5 Å². The first-order valence-electron chi connectivity index (χ1n) is 9.88. The Morgan fingerprint density at radius 1 is 0.933 bits per heavy atom. The van der Waals surface area contributed by atoms with E-state index in [1.807, 2.05) is 96.9 Å². The highest BCUT2D eigenvalue weighted by molar-refractivity contribution is 6.29. The second kappa shape index (κ2) is 9.05. The second-order valence-electron chi connectivity index (χ2n) is 6.92. The van der Waals surface area contributed by atoms with Gasteiger partial charge in [0.2, 0.25) is 0 Å². The van der Waals surface area contributed by atoms with Gasteiger partial charge in [0.15, 0.2) is 0 Å². The molecule has 30 heavy (non-hydrogen) atoms. The van der Waals surface area contributed by atoms with Crippen molar-refractivity contribution < 1.29 is 4.79 Å². The van der Waals surface area contributed by atoms with Crippen LogP contribution in [0.2, 0.25) is 0 Å². The summed E-state index contributed by atoms with van der Waals surface area (Å²) in [5.41, 5.74) is 4.14. The largest absolute Gasteiger partial charge is 0.319 e. The molecule has 0 aliphatic carbocycles. The number of hydrogen-bond donors (Lipinski definition) is 1. The lowest BCUT2D eigenvalue weighted by Crippen LogP contribution is -2.13. The molecule has 1 N–H and O–H groups in total. The van der Waals surface area contributed by atoms with Crippen LogP contribution < -0.4 is 5.32 Å². The van der Waals surface area contributed by atoms with Crippen molar-refractivity contribution in [3.63, 3.8) is 0 Å². The Morgan fingerprint density at radius 3 is 2.33 bits per heavy atom. The molecule has 0 saturated heterocycles. The quantitative estimate of drug-likeness (QED) is 0.373. The van der Waals surface area contributed by atoms with E-state index in [2.05, 4.69) is 15.5 Å². The van der Waals surface area contributed by atoms with Gasteiger partial charge in [-0.05, 0) is 24.1 Å². The van der Waals surface area contributed by atoms with Crippen LogP contribution in [-0.4, -0.2) is 25.5 Å². The molecular formula is C24H23N5O. The van der Waals surface area contributed by atoms with Gasteiger partial charge in [-0.3, -0.25) is 14.2 Å². The van der Waals surface area contributed by atoms with E-state index in [1.54, 1.807) is 10.9 Å². The fourth-order valence-corrected chi connectivity index (χ4v) is 3.17. The lowest BCUT2D eigenvalue weighted by atomic mass is 10.0. The molecule has 0 radical (unpaired) electrons. The lowest BCUT2D eigenvalue weighted by Gasteiger charge is -2.08. The van der Waals surface area contributed by atoms with E-state index in [4.69, 9.17) is 0 Å². The van der Waals surface area contributed by atoms with Crippen LogP contribution in [0.5, 0.6) is 0 Å². The Labute approximate surface area is 175 Å². The lowest BCUT2D eigenvalue weighted by molar-refractivity contribution is -0.111. The van der Waals surface area contributed by atoms with Crippen molar-refractivity contribution in [2.45, 2.75) is 20.0 Å². The zero-order chi connectivity index (χ0) is 20.8. The molecule has 0 aliphatic heterocycles. The maximum atomic E-state index is 13.1. The van der Waals surface area contributed by atoms with Gasteiger partial charge in [-0.2, -0.15) is 10.2 Å². The Bertz CT molecular complexity index is 1140. The van der Waals surface area contributed by atoms with Crippen molar-refractivity contribution in [1.82, 2.24) is 19.6 Å². The standard InChI is InChI=1S/C24H23N5O/c1-2-28-16-20(14-25-28)17-29-18-22(15-26-29)27-24(30)23(21-11-7-4-8-12-21)13-19-9-5-3-6-10-19/h3-16,18H,2,17H2,1H3,(H,27,30)/b23-13-. The molecule has 4 aromatic rings. The highest BCUT2D eigenvalue weighted by atomic mass is 16.1. The van der Waals surface area contributed by atoms with Gasteiger partial charge in [0.1, 0.15) is 0 Å². The number of aryl methyl sites for hydroxylation is 1. The molecule has 6 heteroatoms. The van der Waals surface area contributed by atoms with Crippen LogP contribution in [-0.2, 0) is 17.9 Å². The molecule has 0 fully saturated rings. The maximum Gasteiger partial charge on any atom is 0.256 e. The number of benzene rings is 2. The minimum absolute atomic E-state index is 0.177. The van der Waals surface area contributed by atoms with Crippen molar-refractivity contribution in [3.05, 3.63) is 102 Å². The minimum atomic E-state index is -0.177. The zero-order valence-corrected chi connectivity index (χ0v) is 16.8. The summed E-state index contributed by atoms with van der Waals surface area (Å²) in [7, 11) is 0. The molecule has 2 aromatic heterocycles. The summed E-state index contributed by atoms with van der Waals surface area (Å²) < 4.78 is 3.66. The predicted octanol–water partition coefficient (Wildman–Crippen LogP) is 4.33. The maximum absolute atomic E-state index is 13.1. The van der Waals surface area contributed by atoms with Crippen molar-refractivity contribution in [2.24, 2.45) is 0 Å². The number of amides is 1. The predicted molar refractivity (Wildman–Crippen MR) is 119 cm³/mol. The topological polar surface area (TPSA) is 64.7 Å². The van der Waals surface area contributed by atoms with Crippen LogP contribution in [0.3, 0.4) is 0 Å². The fourth-order valence-electron chi connectivity index (χ4n) is 3.17. The Morgan fingerprint density at radius 2 is 1.63 bits per heavy atom. The number of carbonyl (C=O) groups is 1. The molecule has 1 amide bonds. The summed E-state index contributed by atoms with van der Waals surface area (Å²) in [6, 6.07) is 19.5. The van der Waals surface area contributed by atoms with Gasteiger partial charge >= 0.3 is 0 Å². The average Bonchev–Trinajstić information content (AvgIpc) is 3.42. The number of anilines is 1. The molecule has 2 heterocycles. The normalized spacial score (nSPS) is 11.4. The van der Waals surface area contributed by atoms with Crippen LogP contribution in [0.1, 0.15) is 23.6 Å². The third-order valence-corrected chi connectivity index (χ3v) is 4.69. The van der Waals surface area contributed by atoms with Crippen LogP contribution in [0.25, 0.3) is 11.6 Å². The molecule has 0 saturated carbocycles. The summed E-state index contributed by atoms with van der Waals surface area (Å²) in [4.78, 5) is 13.1. The summed E-state index contributed by atoms with van der Waals surface area (Å²) in [5, 5.41) is 11.6. The molecule has 0 atom stereocenters. The fraction of sp³-hybridized carbons (Fsp3) is 0.125. The van der Waals surface area contributed by atoms with E-state index in [1.165, 1.54) is 0 Å². The van der Waals surface area contributed by atoms with E-state index in [-0.39, 0.29) is 5.91 Å². The Kier molecular flexibility index (Phi) is 5.85. The first-order valence-corrected chi connectivity index (χ1v) is 9.88. The van der Waals surface area contributed by atoms with E-state index in [0.717, 1.165) is 23.2 Å². The third-order valence-electron chi connectivity index (χ3n) is 4.69. The van der Waals surface area contributed by atoms with Crippen LogP contribution >= 0.6 is 0 Å². The van der Waals surface area contributed by atoms with Gasteiger partial charge in [0, 0.05) is 30.1 Å². The Hall–Kier alpha value is -3.93. The van der Waals surface area contributed by atoms with Gasteiger partial charge in [-0.25, -0.2) is 0 Å². The van der Waals surface area contributed by atoms with Crippen LogP contribution in [0.4, 0.5) is 5.69 Å². The van der Waals surface area contributed by atoms with Crippen LogP contribution in [0, 0.1) is 0 Å². The first kappa shape index (κ1) is 19.4. The molecule has 0 spiro atoms. The SMILES string of the molecule is CCn1cc(Cn2cc(NC(=O)/C(=C\c3ccccc3)c3ccccc3)cn2)cn1. The number of carbonyl (C=O) groups excluding carboxylic acids is 1. The molecule has 150 valence electrons. The van der Waals surface area contributed by atoms with E-state index >= 15 is 0 Å². The number of nitrogens with one attached hydrogen (secondary N) is 1. The van der Waals surface area contributed by atoms with Gasteiger partial charge < -0.3 is 5.32 Å². The summed E-state index contributed by atoms with van der Waals surface area (Å²) >= 11 is 0. The van der Waals surface area contributed by atoms with Gasteiger partial charge in [-0.15, -0.1) is 0 Å². The minimum Gasteiger partial charge on any atom is -0.319 e. The van der Waals surface area contributed by atoms with Crippen molar-refractivity contribution in [2.75, 3.05) is 5.32 Å². The van der Waals surface area contributed by atoms with E-state index in [0.29, 0.717) is 17.8 Å². The zero-order valence-electron chi connectivity index (χ0n) is 16.8. The van der Waals surface area contributed by atoms with Gasteiger partial charge in [0.05, 0.1) is 24.6 Å². The average molecular weight is 397 g/mol. The van der Waals surface area contributed by atoms with Gasteiger partial charge in [0.25, 0.3) is 5.91 Å². The first-order chi connectivity index (χ1) is 14.7. The molecular weight excluding hydrogens is 374 g/mol. The monoisotopic (exact) mass is 397 g/mol. The summed E-state index contributed by atoms with van der Waals surface area (Å²) in [5.74, 6) is -0.177. The van der Waals surface area contributed by atoms with Crippen molar-refractivity contribution in [1.29, 1.82) is 0 Å². The molecule has 6 nitrogen and oxygen atoms in total. The molecule has 2 aromatic carbocycles. The van der Waals surface area contributed by atoms with Crippen molar-refractivity contribution >= 4 is 23.2 Å². The highest BCUT2D eigenvalue weighted by Crippen LogP contribution is 2.20. The number of aromatic nitrogens is 4.